The molecule has 2 aliphatic rings. The molecule has 1 aliphatic carbocycles. The van der Waals surface area contributed by atoms with E-state index in [-0.39, 0.29) is 11.2 Å². The van der Waals surface area contributed by atoms with E-state index in [9.17, 15) is 14.0 Å². The van der Waals surface area contributed by atoms with Crippen molar-refractivity contribution in [1.29, 1.82) is 5.26 Å². The van der Waals surface area contributed by atoms with E-state index in [1.807, 2.05) is 0 Å². The van der Waals surface area contributed by atoms with Crippen molar-refractivity contribution in [3.63, 3.8) is 0 Å². The number of nitriles is 1. The van der Waals surface area contributed by atoms with E-state index >= 15 is 0 Å². The van der Waals surface area contributed by atoms with E-state index in [1.165, 1.54) is 12.1 Å². The summed E-state index contributed by atoms with van der Waals surface area (Å²) in [5.41, 5.74) is 0.551. The minimum absolute atomic E-state index is 0.118. The van der Waals surface area contributed by atoms with Gasteiger partial charge in [0.25, 0.3) is 0 Å². The molecule has 0 amide bonds. The highest BCUT2D eigenvalue weighted by molar-refractivity contribution is 5.41. The maximum atomic E-state index is 12.1. The van der Waals surface area contributed by atoms with Gasteiger partial charge in [0, 0.05) is 5.41 Å². The Labute approximate surface area is 109 Å². The Morgan fingerprint density at radius 3 is 2.26 bits per heavy atom. The molecule has 0 aromatic heterocycles. The molecule has 1 aromatic carbocycles. The highest BCUT2D eigenvalue weighted by atomic mass is 19.3. The third-order valence-corrected chi connectivity index (χ3v) is 4.02. The Bertz CT molecular complexity index is 509. The number of rotatable bonds is 3. The number of ether oxygens (including phenoxy) is 2. The first-order valence-electron chi connectivity index (χ1n) is 6.12. The van der Waals surface area contributed by atoms with E-state index < -0.39 is 12.0 Å². The van der Waals surface area contributed by atoms with Gasteiger partial charge in [0.15, 0.2) is 0 Å². The van der Waals surface area contributed by atoms with Crippen LogP contribution >= 0.6 is 0 Å². The monoisotopic (exact) mass is 265 g/mol. The van der Waals surface area contributed by atoms with E-state index in [0.717, 1.165) is 31.6 Å². The van der Waals surface area contributed by atoms with Gasteiger partial charge in [-0.3, -0.25) is 0 Å². The van der Waals surface area contributed by atoms with Crippen LogP contribution in [-0.4, -0.2) is 19.8 Å². The molecule has 3 rings (SSSR count). The summed E-state index contributed by atoms with van der Waals surface area (Å²) in [7, 11) is 0. The molecule has 3 nitrogen and oxygen atoms in total. The summed E-state index contributed by atoms with van der Waals surface area (Å²) in [4.78, 5) is 0. The van der Waals surface area contributed by atoms with Crippen molar-refractivity contribution in [2.45, 2.75) is 24.9 Å². The average molecular weight is 265 g/mol. The van der Waals surface area contributed by atoms with Gasteiger partial charge >= 0.3 is 6.61 Å². The van der Waals surface area contributed by atoms with Crippen molar-refractivity contribution in [2.24, 2.45) is 5.41 Å². The van der Waals surface area contributed by atoms with Gasteiger partial charge < -0.3 is 9.47 Å². The normalized spacial score (nSPS) is 22.4. The molecule has 1 aromatic rings. The maximum Gasteiger partial charge on any atom is 0.387 e. The van der Waals surface area contributed by atoms with E-state index in [0.29, 0.717) is 0 Å². The fourth-order valence-corrected chi connectivity index (χ4v) is 3.13. The predicted octanol–water partition coefficient (Wildman–Crippen LogP) is 2.86. The number of benzene rings is 1. The second-order valence-corrected chi connectivity index (χ2v) is 5.44. The van der Waals surface area contributed by atoms with Crippen molar-refractivity contribution in [3.8, 4) is 11.8 Å². The summed E-state index contributed by atoms with van der Waals surface area (Å²) in [6, 6.07) is 8.75. The molecule has 0 atom stereocenters. The molecule has 2 fully saturated rings. The first-order chi connectivity index (χ1) is 9.07. The number of hydrogen-bond acceptors (Lipinski definition) is 3. The average Bonchev–Trinajstić information content (AvgIpc) is 2.28. The Hall–Kier alpha value is -1.67. The fourth-order valence-electron chi connectivity index (χ4n) is 3.13. The standard InChI is InChI=1S/C14H13F2NO2/c15-12(16)19-11-3-1-10(2-4-11)14(7-17)5-13(6-14)8-18-9-13/h1-4,12H,5-6,8-9H2. The number of hydrogen-bond donors (Lipinski definition) is 0. The molecule has 1 saturated carbocycles. The van der Waals surface area contributed by atoms with Crippen LogP contribution in [0.25, 0.3) is 0 Å². The molecule has 19 heavy (non-hydrogen) atoms. The molecule has 1 aliphatic heterocycles. The number of halogens is 2. The van der Waals surface area contributed by atoms with Crippen molar-refractivity contribution in [3.05, 3.63) is 29.8 Å². The molecule has 5 heteroatoms. The fraction of sp³-hybridized carbons (Fsp3) is 0.500. The molecule has 100 valence electrons. The first-order valence-corrected chi connectivity index (χ1v) is 6.12. The Morgan fingerprint density at radius 2 is 1.84 bits per heavy atom. The van der Waals surface area contributed by atoms with Gasteiger partial charge in [0.1, 0.15) is 5.75 Å². The summed E-state index contributed by atoms with van der Waals surface area (Å²) in [6.07, 6.45) is 1.57. The lowest BCUT2D eigenvalue weighted by Gasteiger charge is -2.57. The van der Waals surface area contributed by atoms with E-state index in [2.05, 4.69) is 10.8 Å². The molecule has 0 unspecified atom stereocenters. The highest BCUT2D eigenvalue weighted by Gasteiger charge is 2.59. The maximum absolute atomic E-state index is 12.1. The summed E-state index contributed by atoms with van der Waals surface area (Å²) < 4.78 is 33.6. The molecule has 0 radical (unpaired) electrons. The van der Waals surface area contributed by atoms with Crippen LogP contribution in [0.15, 0.2) is 24.3 Å². The lowest BCUT2D eigenvalue weighted by Crippen LogP contribution is -2.59. The topological polar surface area (TPSA) is 42.2 Å². The first kappa shape index (κ1) is 12.4. The second-order valence-electron chi connectivity index (χ2n) is 5.44. The van der Waals surface area contributed by atoms with Crippen molar-refractivity contribution >= 4 is 0 Å². The van der Waals surface area contributed by atoms with Crippen LogP contribution in [0.2, 0.25) is 0 Å². The highest BCUT2D eigenvalue weighted by Crippen LogP contribution is 2.58. The lowest BCUT2D eigenvalue weighted by atomic mass is 9.50. The van der Waals surface area contributed by atoms with Crippen molar-refractivity contribution in [2.75, 3.05) is 13.2 Å². The zero-order valence-corrected chi connectivity index (χ0v) is 10.2. The molecule has 0 bridgehead atoms. The Morgan fingerprint density at radius 1 is 1.21 bits per heavy atom. The molecular formula is C14H13F2NO2. The van der Waals surface area contributed by atoms with Crippen molar-refractivity contribution < 1.29 is 18.3 Å². The molecule has 1 heterocycles. The quantitative estimate of drug-likeness (QED) is 0.844. The molecule has 0 N–H and O–H groups in total. The van der Waals surface area contributed by atoms with Crippen LogP contribution in [0.4, 0.5) is 8.78 Å². The smallest absolute Gasteiger partial charge is 0.387 e. The van der Waals surface area contributed by atoms with Gasteiger partial charge in [-0.15, -0.1) is 0 Å². The van der Waals surface area contributed by atoms with Crippen LogP contribution in [0.3, 0.4) is 0 Å². The zero-order valence-electron chi connectivity index (χ0n) is 10.2. The largest absolute Gasteiger partial charge is 0.435 e. The van der Waals surface area contributed by atoms with Gasteiger partial charge in [-0.05, 0) is 30.5 Å². The van der Waals surface area contributed by atoms with E-state index in [4.69, 9.17) is 4.74 Å². The summed E-state index contributed by atoms with van der Waals surface area (Å²) in [6.45, 7) is -1.37. The van der Waals surface area contributed by atoms with Gasteiger partial charge in [0.05, 0.1) is 24.7 Å². The van der Waals surface area contributed by atoms with Crippen LogP contribution in [0.5, 0.6) is 5.75 Å². The van der Waals surface area contributed by atoms with Crippen LogP contribution in [0.1, 0.15) is 18.4 Å². The molecular weight excluding hydrogens is 252 g/mol. The van der Waals surface area contributed by atoms with E-state index in [1.54, 1.807) is 12.1 Å². The van der Waals surface area contributed by atoms with Crippen LogP contribution < -0.4 is 4.74 Å². The third-order valence-electron chi connectivity index (χ3n) is 4.02. The SMILES string of the molecule is N#CC1(c2ccc(OC(F)F)cc2)CC2(COC2)C1. The Balaban J connectivity index is 1.76. The second kappa shape index (κ2) is 4.17. The van der Waals surface area contributed by atoms with Crippen LogP contribution in [-0.2, 0) is 10.2 Å². The van der Waals surface area contributed by atoms with Gasteiger partial charge in [-0.25, -0.2) is 0 Å². The zero-order chi connectivity index (χ0) is 13.5. The summed E-state index contributed by atoms with van der Waals surface area (Å²) in [5, 5.41) is 9.41. The van der Waals surface area contributed by atoms with Gasteiger partial charge in [-0.1, -0.05) is 12.1 Å². The third kappa shape index (κ3) is 1.96. The summed E-state index contributed by atoms with van der Waals surface area (Å²) >= 11 is 0. The number of alkyl halides is 2. The predicted molar refractivity (Wildman–Crippen MR) is 62.9 cm³/mol. The molecule has 1 spiro atoms. The minimum Gasteiger partial charge on any atom is -0.435 e. The number of nitrogens with zero attached hydrogens (tertiary/aromatic N) is 1. The lowest BCUT2D eigenvalue weighted by molar-refractivity contribution is -0.178. The van der Waals surface area contributed by atoms with Gasteiger partial charge in [-0.2, -0.15) is 14.0 Å². The molecule has 1 saturated heterocycles. The minimum atomic E-state index is -2.82. The summed E-state index contributed by atoms with van der Waals surface area (Å²) in [5.74, 6) is 0.118. The van der Waals surface area contributed by atoms with Crippen molar-refractivity contribution in [1.82, 2.24) is 0 Å². The van der Waals surface area contributed by atoms with Gasteiger partial charge in [0.2, 0.25) is 0 Å². The Kier molecular flexibility index (Phi) is 2.72. The van der Waals surface area contributed by atoms with Crippen LogP contribution in [0, 0.1) is 16.7 Å².